The van der Waals surface area contributed by atoms with Crippen molar-refractivity contribution in [3.63, 3.8) is 0 Å². The highest BCUT2D eigenvalue weighted by Gasteiger charge is 2.22. The number of benzene rings is 1. The van der Waals surface area contributed by atoms with Crippen LogP contribution in [-0.4, -0.2) is 51.7 Å². The monoisotopic (exact) mass is 285 g/mol. The number of morpholine rings is 1. The van der Waals surface area contributed by atoms with Crippen molar-refractivity contribution in [3.05, 3.63) is 24.3 Å². The molecule has 0 spiro atoms. The molecule has 19 heavy (non-hydrogen) atoms. The van der Waals surface area contributed by atoms with E-state index in [0.717, 1.165) is 5.69 Å². The van der Waals surface area contributed by atoms with E-state index in [1.807, 2.05) is 4.90 Å². The fourth-order valence-corrected chi connectivity index (χ4v) is 3.04. The van der Waals surface area contributed by atoms with Crippen LogP contribution in [0.25, 0.3) is 0 Å². The molecule has 6 heteroatoms. The highest BCUT2D eigenvalue weighted by molar-refractivity contribution is 7.91. The number of nitrogens with zero attached hydrogens (tertiary/aromatic N) is 1. The summed E-state index contributed by atoms with van der Waals surface area (Å²) in [5.41, 5.74) is 0.914. The van der Waals surface area contributed by atoms with Crippen LogP contribution in [0.15, 0.2) is 29.2 Å². The third-order valence-electron chi connectivity index (χ3n) is 3.35. The minimum Gasteiger partial charge on any atom is -0.394 e. The molecule has 1 heterocycles. The van der Waals surface area contributed by atoms with Crippen LogP contribution in [-0.2, 0) is 14.6 Å². The van der Waals surface area contributed by atoms with Gasteiger partial charge in [-0.15, -0.1) is 0 Å². The number of ether oxygens (including phenoxy) is 1. The van der Waals surface area contributed by atoms with Crippen LogP contribution in [0.3, 0.4) is 0 Å². The maximum absolute atomic E-state index is 11.7. The van der Waals surface area contributed by atoms with Gasteiger partial charge < -0.3 is 14.7 Å². The smallest absolute Gasteiger partial charge is 0.178 e. The first-order chi connectivity index (χ1) is 9.08. The van der Waals surface area contributed by atoms with Crippen LogP contribution >= 0.6 is 0 Å². The summed E-state index contributed by atoms with van der Waals surface area (Å²) in [6.45, 7) is 3.46. The van der Waals surface area contributed by atoms with Crippen molar-refractivity contribution in [2.24, 2.45) is 0 Å². The fraction of sp³-hybridized carbons (Fsp3) is 0.538. The van der Waals surface area contributed by atoms with E-state index in [2.05, 4.69) is 0 Å². The zero-order valence-corrected chi connectivity index (χ0v) is 11.8. The Morgan fingerprint density at radius 2 is 2.05 bits per heavy atom. The Kier molecular flexibility index (Phi) is 4.44. The Labute approximate surface area is 113 Å². The highest BCUT2D eigenvalue weighted by Crippen LogP contribution is 2.22. The SMILES string of the molecule is CCS(=O)(=O)c1ccc(N2CCOCC2CO)cc1. The fourth-order valence-electron chi connectivity index (χ4n) is 2.16. The van der Waals surface area contributed by atoms with Gasteiger partial charge in [0.2, 0.25) is 0 Å². The lowest BCUT2D eigenvalue weighted by Crippen LogP contribution is -2.47. The van der Waals surface area contributed by atoms with Crippen molar-refractivity contribution in [3.8, 4) is 0 Å². The zero-order valence-electron chi connectivity index (χ0n) is 10.9. The second-order valence-corrected chi connectivity index (χ2v) is 6.78. The van der Waals surface area contributed by atoms with Gasteiger partial charge in [-0.25, -0.2) is 8.42 Å². The molecule has 1 aliphatic rings. The summed E-state index contributed by atoms with van der Waals surface area (Å²) in [6, 6.07) is 6.76. The van der Waals surface area contributed by atoms with E-state index >= 15 is 0 Å². The van der Waals surface area contributed by atoms with E-state index in [9.17, 15) is 13.5 Å². The summed E-state index contributed by atoms with van der Waals surface area (Å²) < 4.78 is 28.8. The lowest BCUT2D eigenvalue weighted by Gasteiger charge is -2.36. The summed E-state index contributed by atoms with van der Waals surface area (Å²) in [7, 11) is -3.16. The van der Waals surface area contributed by atoms with E-state index in [1.165, 1.54) is 0 Å². The minimum absolute atomic E-state index is 0.0228. The van der Waals surface area contributed by atoms with Crippen molar-refractivity contribution in [2.45, 2.75) is 17.9 Å². The van der Waals surface area contributed by atoms with Gasteiger partial charge in [0, 0.05) is 12.2 Å². The number of sulfone groups is 1. The molecule has 0 aliphatic carbocycles. The van der Waals surface area contributed by atoms with E-state index in [4.69, 9.17) is 4.74 Å². The molecular formula is C13H19NO4S. The molecule has 0 saturated carbocycles. The molecule has 0 bridgehead atoms. The molecule has 1 aliphatic heterocycles. The number of hydrogen-bond donors (Lipinski definition) is 1. The van der Waals surface area contributed by atoms with Crippen LogP contribution < -0.4 is 4.90 Å². The Balaban J connectivity index is 2.22. The van der Waals surface area contributed by atoms with Crippen LogP contribution in [0.1, 0.15) is 6.92 Å². The van der Waals surface area contributed by atoms with Gasteiger partial charge in [-0.1, -0.05) is 6.92 Å². The predicted octanol–water partition coefficient (Wildman–Crippen LogP) is 0.678. The lowest BCUT2D eigenvalue weighted by molar-refractivity contribution is 0.0727. The topological polar surface area (TPSA) is 66.8 Å². The van der Waals surface area contributed by atoms with Crippen LogP contribution in [0.4, 0.5) is 5.69 Å². The lowest BCUT2D eigenvalue weighted by atomic mass is 10.2. The average molecular weight is 285 g/mol. The summed E-state index contributed by atoms with van der Waals surface area (Å²) in [6.07, 6.45) is 0. The summed E-state index contributed by atoms with van der Waals surface area (Å²) in [5.74, 6) is 0.100. The molecule has 1 atom stereocenters. The van der Waals surface area contributed by atoms with Crippen LogP contribution in [0, 0.1) is 0 Å². The van der Waals surface area contributed by atoms with Gasteiger partial charge in [0.25, 0.3) is 0 Å². The Morgan fingerprint density at radius 3 is 2.63 bits per heavy atom. The molecule has 1 fully saturated rings. The second-order valence-electron chi connectivity index (χ2n) is 4.50. The van der Waals surface area contributed by atoms with E-state index in [0.29, 0.717) is 24.7 Å². The van der Waals surface area contributed by atoms with Crippen molar-refractivity contribution in [1.82, 2.24) is 0 Å². The second kappa shape index (κ2) is 5.90. The Morgan fingerprint density at radius 1 is 1.37 bits per heavy atom. The molecule has 5 nitrogen and oxygen atoms in total. The molecule has 1 unspecified atom stereocenters. The normalized spacial score (nSPS) is 20.5. The van der Waals surface area contributed by atoms with E-state index < -0.39 is 9.84 Å². The average Bonchev–Trinajstić information content (AvgIpc) is 2.47. The van der Waals surface area contributed by atoms with Gasteiger partial charge in [0.05, 0.1) is 36.5 Å². The number of aliphatic hydroxyl groups is 1. The summed E-state index contributed by atoms with van der Waals surface area (Å²) in [5, 5.41) is 9.33. The zero-order chi connectivity index (χ0) is 13.9. The number of anilines is 1. The molecular weight excluding hydrogens is 266 g/mol. The molecule has 0 aromatic heterocycles. The highest BCUT2D eigenvalue weighted by atomic mass is 32.2. The first-order valence-electron chi connectivity index (χ1n) is 6.36. The minimum atomic E-state index is -3.16. The van der Waals surface area contributed by atoms with Crippen molar-refractivity contribution in [1.29, 1.82) is 0 Å². The van der Waals surface area contributed by atoms with Crippen molar-refractivity contribution in [2.75, 3.05) is 37.0 Å². The van der Waals surface area contributed by atoms with Gasteiger partial charge in [0.1, 0.15) is 0 Å². The standard InChI is InChI=1S/C13H19NO4S/c1-2-19(16,17)13-5-3-11(4-6-13)14-7-8-18-10-12(14)9-15/h3-6,12,15H,2,7-10H2,1H3. The van der Waals surface area contributed by atoms with Gasteiger partial charge in [-0.05, 0) is 24.3 Å². The van der Waals surface area contributed by atoms with Gasteiger partial charge in [0.15, 0.2) is 9.84 Å². The Hall–Kier alpha value is -1.11. The van der Waals surface area contributed by atoms with Crippen LogP contribution in [0.2, 0.25) is 0 Å². The predicted molar refractivity (Wildman–Crippen MR) is 73.2 cm³/mol. The number of aliphatic hydroxyl groups excluding tert-OH is 1. The summed E-state index contributed by atoms with van der Waals surface area (Å²) in [4.78, 5) is 2.39. The molecule has 1 aromatic rings. The summed E-state index contributed by atoms with van der Waals surface area (Å²) >= 11 is 0. The maximum atomic E-state index is 11.7. The van der Waals surface area contributed by atoms with Gasteiger partial charge >= 0.3 is 0 Å². The molecule has 2 rings (SSSR count). The van der Waals surface area contributed by atoms with Crippen LogP contribution in [0.5, 0.6) is 0 Å². The molecule has 1 N–H and O–H groups in total. The van der Waals surface area contributed by atoms with Crippen molar-refractivity contribution >= 4 is 15.5 Å². The first kappa shape index (κ1) is 14.3. The maximum Gasteiger partial charge on any atom is 0.178 e. The quantitative estimate of drug-likeness (QED) is 0.881. The molecule has 106 valence electrons. The molecule has 1 aromatic carbocycles. The number of hydrogen-bond acceptors (Lipinski definition) is 5. The van der Waals surface area contributed by atoms with Crippen molar-refractivity contribution < 1.29 is 18.3 Å². The Bertz CT molecular complexity index is 512. The largest absolute Gasteiger partial charge is 0.394 e. The van der Waals surface area contributed by atoms with Gasteiger partial charge in [-0.3, -0.25) is 0 Å². The van der Waals surface area contributed by atoms with E-state index in [1.54, 1.807) is 31.2 Å². The first-order valence-corrected chi connectivity index (χ1v) is 8.01. The van der Waals surface area contributed by atoms with Gasteiger partial charge in [-0.2, -0.15) is 0 Å². The molecule has 0 radical (unpaired) electrons. The van der Waals surface area contributed by atoms with E-state index in [-0.39, 0.29) is 18.4 Å². The molecule has 0 amide bonds. The third-order valence-corrected chi connectivity index (χ3v) is 5.10. The molecule has 1 saturated heterocycles. The number of rotatable bonds is 4. The third kappa shape index (κ3) is 3.08.